The fourth-order valence-electron chi connectivity index (χ4n) is 5.17. The minimum atomic E-state index is 0.135. The van der Waals surface area contributed by atoms with Gasteiger partial charge in [-0.3, -0.25) is 0 Å². The molecule has 0 unspecified atom stereocenters. The number of hydrogen-bond donors (Lipinski definition) is 0. The molecule has 41 heavy (non-hydrogen) atoms. The van der Waals surface area contributed by atoms with Gasteiger partial charge in [0, 0.05) is 40.4 Å². The molecule has 224 valence electrons. The Morgan fingerprint density at radius 2 is 0.878 bits per heavy atom. The van der Waals surface area contributed by atoms with Gasteiger partial charge in [-0.2, -0.15) is 0 Å². The summed E-state index contributed by atoms with van der Waals surface area (Å²) in [7, 11) is 0. The third-order valence-electron chi connectivity index (χ3n) is 7.81. The van der Waals surface area contributed by atoms with E-state index in [4.69, 9.17) is 0 Å². The lowest BCUT2D eigenvalue weighted by molar-refractivity contribution is 0.604. The Morgan fingerprint density at radius 1 is 0.488 bits per heavy atom. The molecule has 4 aromatic heterocycles. The molecule has 4 heteroatoms. The Labute approximate surface area is 267 Å². The molecule has 0 spiro atoms. The van der Waals surface area contributed by atoms with Crippen LogP contribution < -0.4 is 0 Å². The molecule has 0 nitrogen and oxygen atoms in total. The van der Waals surface area contributed by atoms with Crippen LogP contribution >= 0.6 is 45.3 Å². The zero-order valence-corrected chi connectivity index (χ0v) is 30.1. The highest BCUT2D eigenvalue weighted by atomic mass is 32.1. The zero-order chi connectivity index (χ0) is 29.6. The molecular weight excluding hydrogens is 573 g/mol. The second kappa shape index (κ2) is 14.5. The van der Waals surface area contributed by atoms with Crippen molar-refractivity contribution in [1.29, 1.82) is 0 Å². The predicted octanol–water partition coefficient (Wildman–Crippen LogP) is 14.2. The molecule has 0 N–H and O–H groups in total. The molecule has 0 fully saturated rings. The van der Waals surface area contributed by atoms with E-state index in [1.807, 2.05) is 45.3 Å². The summed E-state index contributed by atoms with van der Waals surface area (Å²) >= 11 is 8.11. The lowest BCUT2D eigenvalue weighted by atomic mass is 9.93. The highest BCUT2D eigenvalue weighted by molar-refractivity contribution is 7.24. The Bertz CT molecular complexity index is 1360. The van der Waals surface area contributed by atoms with Gasteiger partial charge in [-0.15, -0.1) is 45.3 Å². The van der Waals surface area contributed by atoms with Crippen molar-refractivity contribution in [1.82, 2.24) is 0 Å². The van der Waals surface area contributed by atoms with E-state index < -0.39 is 0 Å². The molecule has 4 aromatic rings. The van der Waals surface area contributed by atoms with Gasteiger partial charge >= 0.3 is 0 Å². The summed E-state index contributed by atoms with van der Waals surface area (Å²) in [6, 6.07) is 14.6. The van der Waals surface area contributed by atoms with Crippen molar-refractivity contribution in [3.8, 4) is 30.6 Å². The number of hydrogen-bond acceptors (Lipinski definition) is 4. The van der Waals surface area contributed by atoms with Gasteiger partial charge in [-0.05, 0) is 72.9 Å². The molecule has 0 aliphatic heterocycles. The van der Waals surface area contributed by atoms with Crippen LogP contribution in [0.15, 0.2) is 36.4 Å². The van der Waals surface area contributed by atoms with Crippen LogP contribution in [0, 0.1) is 0 Å². The lowest BCUT2D eigenvalue weighted by Gasteiger charge is -2.15. The van der Waals surface area contributed by atoms with Gasteiger partial charge in [0.25, 0.3) is 0 Å². The quantitative estimate of drug-likeness (QED) is 0.122. The third-order valence-corrected chi connectivity index (χ3v) is 13.4. The van der Waals surface area contributed by atoms with Crippen LogP contribution in [0.25, 0.3) is 30.6 Å². The summed E-state index contributed by atoms with van der Waals surface area (Å²) in [5.74, 6) is 0. The standard InChI is InChI=1S/C37H52S4/c1-9-11-13-15-17-19-27-21-23-31(39-27)29-25-33(37(6,7)8)41-35(29)34-28(24-32(40-34)36(3,4)5)30-22-20-26(38-30)18-16-14-12-10-2/h20-25H,9-19H2,1-8H3. The van der Waals surface area contributed by atoms with Gasteiger partial charge in [0.15, 0.2) is 0 Å². The molecular formula is C37H52S4. The lowest BCUT2D eigenvalue weighted by Crippen LogP contribution is -2.07. The SMILES string of the molecule is CCCCCCCc1ccc(-c2cc(C(C)(C)C)sc2-c2sc(C(C)(C)C)cc2-c2ccc(CCCCCC)s2)s1. The van der Waals surface area contributed by atoms with Gasteiger partial charge < -0.3 is 0 Å². The summed E-state index contributed by atoms with van der Waals surface area (Å²) in [5, 5.41) is 0. The van der Waals surface area contributed by atoms with Crippen LogP contribution in [-0.2, 0) is 23.7 Å². The molecule has 0 aromatic carbocycles. The number of unbranched alkanes of at least 4 members (excludes halogenated alkanes) is 7. The van der Waals surface area contributed by atoms with E-state index in [0.717, 1.165) is 0 Å². The van der Waals surface area contributed by atoms with Crippen molar-refractivity contribution in [3.05, 3.63) is 55.9 Å². The largest absolute Gasteiger partial charge is 0.140 e. The van der Waals surface area contributed by atoms with Gasteiger partial charge in [-0.1, -0.05) is 100 Å². The molecule has 0 atom stereocenters. The van der Waals surface area contributed by atoms with Crippen LogP contribution in [0.2, 0.25) is 0 Å². The van der Waals surface area contributed by atoms with E-state index >= 15 is 0 Å². The predicted molar refractivity (Wildman–Crippen MR) is 192 cm³/mol. The van der Waals surface area contributed by atoms with Crippen LogP contribution in [0.4, 0.5) is 0 Å². The monoisotopic (exact) mass is 624 g/mol. The van der Waals surface area contributed by atoms with E-state index in [9.17, 15) is 0 Å². The zero-order valence-electron chi connectivity index (χ0n) is 26.9. The normalized spacial score (nSPS) is 12.5. The van der Waals surface area contributed by atoms with Crippen molar-refractivity contribution in [2.24, 2.45) is 0 Å². The van der Waals surface area contributed by atoms with Crippen molar-refractivity contribution in [2.75, 3.05) is 0 Å². The Balaban J connectivity index is 1.72. The topological polar surface area (TPSA) is 0 Å². The average molecular weight is 625 g/mol. The Kier molecular flexibility index (Phi) is 11.6. The van der Waals surface area contributed by atoms with Crippen molar-refractivity contribution in [2.45, 2.75) is 137 Å². The maximum absolute atomic E-state index is 2.52. The number of aryl methyl sites for hydroxylation is 2. The van der Waals surface area contributed by atoms with Crippen LogP contribution in [0.5, 0.6) is 0 Å². The fourth-order valence-corrected chi connectivity index (χ4v) is 10.1. The molecule has 4 rings (SSSR count). The minimum absolute atomic E-state index is 0.135. The Morgan fingerprint density at radius 3 is 1.27 bits per heavy atom. The first kappa shape index (κ1) is 32.7. The first-order valence-electron chi connectivity index (χ1n) is 16.0. The highest BCUT2D eigenvalue weighted by Gasteiger charge is 2.27. The van der Waals surface area contributed by atoms with Crippen LogP contribution in [0.1, 0.15) is 133 Å². The maximum Gasteiger partial charge on any atom is 0.0538 e. The summed E-state index contributed by atoms with van der Waals surface area (Å²) in [6.07, 6.45) is 14.5. The van der Waals surface area contributed by atoms with Crippen molar-refractivity contribution < 1.29 is 0 Å². The summed E-state index contributed by atoms with van der Waals surface area (Å²) in [5.41, 5.74) is 3.16. The summed E-state index contributed by atoms with van der Waals surface area (Å²) < 4.78 is 0. The van der Waals surface area contributed by atoms with Crippen LogP contribution in [0.3, 0.4) is 0 Å². The highest BCUT2D eigenvalue weighted by Crippen LogP contribution is 2.52. The molecule has 0 bridgehead atoms. The maximum atomic E-state index is 2.52. The van der Waals surface area contributed by atoms with Crippen molar-refractivity contribution >= 4 is 45.3 Å². The molecule has 0 radical (unpaired) electrons. The molecule has 0 aliphatic rings. The smallest absolute Gasteiger partial charge is 0.0538 e. The van der Waals surface area contributed by atoms with E-state index in [2.05, 4.69) is 91.8 Å². The fraction of sp³-hybridized carbons (Fsp3) is 0.568. The summed E-state index contributed by atoms with van der Waals surface area (Å²) in [6.45, 7) is 18.8. The van der Waals surface area contributed by atoms with E-state index in [-0.39, 0.29) is 10.8 Å². The van der Waals surface area contributed by atoms with Gasteiger partial charge in [0.05, 0.1) is 9.75 Å². The van der Waals surface area contributed by atoms with Gasteiger partial charge in [0.1, 0.15) is 0 Å². The molecule has 0 aliphatic carbocycles. The van der Waals surface area contributed by atoms with Gasteiger partial charge in [-0.25, -0.2) is 0 Å². The second-order valence-corrected chi connectivity index (χ2v) is 18.2. The second-order valence-electron chi connectivity index (χ2n) is 13.7. The molecule has 0 saturated heterocycles. The number of rotatable bonds is 14. The summed E-state index contributed by atoms with van der Waals surface area (Å²) in [4.78, 5) is 11.9. The number of thiophene rings is 4. The minimum Gasteiger partial charge on any atom is -0.140 e. The average Bonchev–Trinajstić information content (AvgIpc) is 3.69. The van der Waals surface area contributed by atoms with Crippen molar-refractivity contribution in [3.63, 3.8) is 0 Å². The van der Waals surface area contributed by atoms with E-state index in [1.54, 1.807) is 4.88 Å². The van der Waals surface area contributed by atoms with Gasteiger partial charge in [0.2, 0.25) is 0 Å². The first-order valence-corrected chi connectivity index (χ1v) is 19.2. The van der Waals surface area contributed by atoms with E-state index in [1.165, 1.54) is 116 Å². The third kappa shape index (κ3) is 8.68. The van der Waals surface area contributed by atoms with E-state index in [0.29, 0.717) is 0 Å². The Hall–Kier alpha value is -1.20. The molecule has 0 saturated carbocycles. The molecule has 4 heterocycles. The van der Waals surface area contributed by atoms with Crippen LogP contribution in [-0.4, -0.2) is 0 Å². The molecule has 0 amide bonds. The first-order chi connectivity index (χ1) is 19.5.